The van der Waals surface area contributed by atoms with Crippen LogP contribution in [0.2, 0.25) is 0 Å². The average Bonchev–Trinajstić information content (AvgIpc) is 3.43. The summed E-state index contributed by atoms with van der Waals surface area (Å²) in [4.78, 5) is 33.5. The minimum Gasteiger partial charge on any atom is -0.459 e. The van der Waals surface area contributed by atoms with E-state index >= 15 is 0 Å². The molecule has 2 saturated heterocycles. The zero-order valence-electron chi connectivity index (χ0n) is 16.1. The number of hydrogen-bond acceptors (Lipinski definition) is 8. The Balaban J connectivity index is 0.00000240. The maximum absolute atomic E-state index is 13.3. The Hall–Kier alpha value is -2.43. The molecule has 158 valence electrons. The monoisotopic (exact) mass is 425 g/mol. The van der Waals surface area contributed by atoms with Gasteiger partial charge >= 0.3 is 6.03 Å². The summed E-state index contributed by atoms with van der Waals surface area (Å²) in [6.07, 6.45) is 3.35. The molecule has 2 aromatic rings. The van der Waals surface area contributed by atoms with E-state index < -0.39 is 5.54 Å². The van der Waals surface area contributed by atoms with Crippen molar-refractivity contribution in [1.29, 1.82) is 0 Å². The van der Waals surface area contributed by atoms with E-state index in [1.807, 2.05) is 0 Å². The fourth-order valence-corrected chi connectivity index (χ4v) is 3.88. The molecule has 0 aromatic carbocycles. The number of aromatic nitrogens is 2. The van der Waals surface area contributed by atoms with Crippen LogP contribution in [0, 0.1) is 0 Å². The van der Waals surface area contributed by atoms with Gasteiger partial charge in [-0.3, -0.25) is 9.69 Å². The van der Waals surface area contributed by atoms with Crippen LogP contribution in [-0.4, -0.2) is 70.8 Å². The van der Waals surface area contributed by atoms with Crippen LogP contribution in [-0.2, 0) is 16.1 Å². The van der Waals surface area contributed by atoms with Crippen LogP contribution in [0.5, 0.6) is 0 Å². The van der Waals surface area contributed by atoms with Gasteiger partial charge in [0.1, 0.15) is 5.54 Å². The first-order valence-electron chi connectivity index (χ1n) is 9.35. The first kappa shape index (κ1) is 21.3. The van der Waals surface area contributed by atoms with Gasteiger partial charge < -0.3 is 23.9 Å². The third kappa shape index (κ3) is 3.87. The molecule has 2 aromatic heterocycles. The molecule has 29 heavy (non-hydrogen) atoms. The number of ether oxygens (including phenoxy) is 1. The fraction of sp³-hybridized carbons (Fsp3) is 0.556. The Morgan fingerprint density at radius 1 is 1.31 bits per heavy atom. The molecule has 2 aliphatic heterocycles. The molecular formula is C18H24ClN5O5. The SMILES string of the molecule is COCCCN1C(=O)N(Cc2noc(-c3ccco3)n2)C(=O)C12CCNCC2.Cl. The molecule has 10 nitrogen and oxygen atoms in total. The Morgan fingerprint density at radius 3 is 2.79 bits per heavy atom. The Morgan fingerprint density at radius 2 is 2.10 bits per heavy atom. The third-order valence-electron chi connectivity index (χ3n) is 5.28. The number of nitrogens with zero attached hydrogens (tertiary/aromatic N) is 4. The Kier molecular flexibility index (Phi) is 6.56. The number of nitrogens with one attached hydrogen (secondary N) is 1. The molecule has 2 aliphatic rings. The highest BCUT2D eigenvalue weighted by Gasteiger charge is 2.57. The van der Waals surface area contributed by atoms with Crippen LogP contribution in [0.3, 0.4) is 0 Å². The number of imide groups is 1. The van der Waals surface area contributed by atoms with Crippen LogP contribution in [0.4, 0.5) is 4.79 Å². The van der Waals surface area contributed by atoms with Crippen molar-refractivity contribution in [3.8, 4) is 11.7 Å². The van der Waals surface area contributed by atoms with Gasteiger partial charge in [0.15, 0.2) is 11.6 Å². The smallest absolute Gasteiger partial charge is 0.328 e. The molecule has 11 heteroatoms. The average molecular weight is 426 g/mol. The minimum absolute atomic E-state index is 0. The normalized spacial score (nSPS) is 18.5. The lowest BCUT2D eigenvalue weighted by atomic mass is 9.86. The number of methoxy groups -OCH3 is 1. The van der Waals surface area contributed by atoms with E-state index in [1.54, 1.807) is 24.1 Å². The summed E-state index contributed by atoms with van der Waals surface area (Å²) in [6.45, 7) is 2.36. The van der Waals surface area contributed by atoms with Crippen molar-refractivity contribution in [1.82, 2.24) is 25.3 Å². The van der Waals surface area contributed by atoms with Crippen molar-refractivity contribution >= 4 is 24.3 Å². The Labute approximate surface area is 173 Å². The molecule has 3 amide bonds. The van der Waals surface area contributed by atoms with Crippen LogP contribution in [0.15, 0.2) is 27.3 Å². The minimum atomic E-state index is -0.802. The largest absolute Gasteiger partial charge is 0.459 e. The van der Waals surface area contributed by atoms with Gasteiger partial charge in [-0.1, -0.05) is 5.16 Å². The van der Waals surface area contributed by atoms with Crippen molar-refractivity contribution < 1.29 is 23.3 Å². The number of piperidine rings is 1. The second-order valence-corrected chi connectivity index (χ2v) is 6.95. The molecule has 0 bridgehead atoms. The molecular weight excluding hydrogens is 402 g/mol. The number of halogens is 1. The summed E-state index contributed by atoms with van der Waals surface area (Å²) in [7, 11) is 1.62. The van der Waals surface area contributed by atoms with Crippen molar-refractivity contribution in [3.05, 3.63) is 24.2 Å². The van der Waals surface area contributed by atoms with E-state index in [4.69, 9.17) is 13.7 Å². The zero-order chi connectivity index (χ0) is 19.6. The van der Waals surface area contributed by atoms with Crippen molar-refractivity contribution in [3.63, 3.8) is 0 Å². The molecule has 2 fully saturated rings. The summed E-state index contributed by atoms with van der Waals surface area (Å²) in [5.41, 5.74) is -0.802. The lowest BCUT2D eigenvalue weighted by Crippen LogP contribution is -2.56. The van der Waals surface area contributed by atoms with Gasteiger partial charge in [-0.25, -0.2) is 4.79 Å². The number of rotatable bonds is 7. The zero-order valence-corrected chi connectivity index (χ0v) is 16.9. The summed E-state index contributed by atoms with van der Waals surface area (Å²) >= 11 is 0. The van der Waals surface area contributed by atoms with Crippen LogP contribution >= 0.6 is 12.4 Å². The van der Waals surface area contributed by atoms with Crippen molar-refractivity contribution in [2.45, 2.75) is 31.3 Å². The van der Waals surface area contributed by atoms with Gasteiger partial charge in [0, 0.05) is 20.3 Å². The Bertz CT molecular complexity index is 834. The summed E-state index contributed by atoms with van der Waals surface area (Å²) in [5, 5.41) is 7.15. The lowest BCUT2D eigenvalue weighted by molar-refractivity contribution is -0.135. The van der Waals surface area contributed by atoms with Gasteiger partial charge in [0.05, 0.1) is 12.8 Å². The lowest BCUT2D eigenvalue weighted by Gasteiger charge is -2.38. The molecule has 0 saturated carbocycles. The standard InChI is InChI=1S/C18H23N5O5.ClH/c1-26-10-3-9-23-17(25)22(16(24)18(23)5-7-19-8-6-18)12-14-20-15(28-21-14)13-4-2-11-27-13;/h2,4,11,19H,3,5-10,12H2,1H3;1H. The van der Waals surface area contributed by atoms with E-state index in [1.165, 1.54) is 11.2 Å². The number of carbonyl (C=O) groups is 2. The molecule has 0 aliphatic carbocycles. The molecule has 0 radical (unpaired) electrons. The molecule has 1 N–H and O–H groups in total. The van der Waals surface area contributed by atoms with E-state index in [9.17, 15) is 9.59 Å². The quantitative estimate of drug-likeness (QED) is 0.526. The first-order valence-corrected chi connectivity index (χ1v) is 9.35. The van der Waals surface area contributed by atoms with E-state index in [0.29, 0.717) is 51.3 Å². The number of hydrogen-bond donors (Lipinski definition) is 1. The van der Waals surface area contributed by atoms with Crippen LogP contribution < -0.4 is 5.32 Å². The van der Waals surface area contributed by atoms with E-state index in [2.05, 4.69) is 15.5 Å². The maximum Gasteiger partial charge on any atom is 0.328 e. The van der Waals surface area contributed by atoms with Gasteiger partial charge in [-0.05, 0) is 44.5 Å². The highest BCUT2D eigenvalue weighted by atomic mass is 35.5. The highest BCUT2D eigenvalue weighted by molar-refractivity contribution is 6.07. The number of furan rings is 1. The van der Waals surface area contributed by atoms with Gasteiger partial charge in [-0.15, -0.1) is 12.4 Å². The second-order valence-electron chi connectivity index (χ2n) is 6.95. The van der Waals surface area contributed by atoms with Crippen LogP contribution in [0.25, 0.3) is 11.7 Å². The first-order chi connectivity index (χ1) is 13.7. The fourth-order valence-electron chi connectivity index (χ4n) is 3.88. The molecule has 0 atom stereocenters. The van der Waals surface area contributed by atoms with Crippen molar-refractivity contribution in [2.24, 2.45) is 0 Å². The van der Waals surface area contributed by atoms with Crippen molar-refractivity contribution in [2.75, 3.05) is 33.4 Å². The summed E-state index contributed by atoms with van der Waals surface area (Å²) in [5.74, 6) is 0.721. The highest BCUT2D eigenvalue weighted by Crippen LogP contribution is 2.36. The number of urea groups is 1. The molecule has 0 unspecified atom stereocenters. The molecule has 4 rings (SSSR count). The number of carbonyl (C=O) groups excluding carboxylic acids is 2. The van der Waals surface area contributed by atoms with Gasteiger partial charge in [0.2, 0.25) is 0 Å². The predicted molar refractivity (Wildman–Crippen MR) is 103 cm³/mol. The molecule has 1 spiro atoms. The van der Waals surface area contributed by atoms with Crippen LogP contribution in [0.1, 0.15) is 25.1 Å². The maximum atomic E-state index is 13.3. The van der Waals surface area contributed by atoms with E-state index in [0.717, 1.165) is 0 Å². The van der Waals surface area contributed by atoms with Gasteiger partial charge in [-0.2, -0.15) is 4.98 Å². The summed E-state index contributed by atoms with van der Waals surface area (Å²) in [6, 6.07) is 3.10. The summed E-state index contributed by atoms with van der Waals surface area (Å²) < 4.78 is 15.5. The third-order valence-corrected chi connectivity index (χ3v) is 5.28. The van der Waals surface area contributed by atoms with Gasteiger partial charge in [0.25, 0.3) is 11.8 Å². The van der Waals surface area contributed by atoms with E-state index in [-0.39, 0.29) is 42.6 Å². The molecule has 4 heterocycles. The topological polar surface area (TPSA) is 114 Å². The number of amides is 3. The second kappa shape index (κ2) is 8.93. The predicted octanol–water partition coefficient (Wildman–Crippen LogP) is 1.67.